The van der Waals surface area contributed by atoms with Gasteiger partial charge in [0.15, 0.2) is 0 Å². The quantitative estimate of drug-likeness (QED) is 0.629. The highest BCUT2D eigenvalue weighted by molar-refractivity contribution is 7.98. The van der Waals surface area contributed by atoms with Gasteiger partial charge in [-0.15, -0.1) is 0 Å². The molecule has 0 amide bonds. The molecule has 0 radical (unpaired) electrons. The van der Waals surface area contributed by atoms with Gasteiger partial charge in [0.2, 0.25) is 0 Å². The highest BCUT2D eigenvalue weighted by atomic mass is 32.2. The van der Waals surface area contributed by atoms with Crippen LogP contribution < -0.4 is 5.32 Å². The largest absolute Gasteiger partial charge is 0.313 e. The fourth-order valence-electron chi connectivity index (χ4n) is 1.30. The average molecular weight is 145 g/mol. The van der Waals surface area contributed by atoms with Crippen LogP contribution >= 0.6 is 11.8 Å². The Balaban J connectivity index is 2.22. The average Bonchev–Trinajstić information content (AvgIpc) is 2.18. The minimum atomic E-state index is 0.792. The molecule has 1 N–H and O–H groups in total. The number of rotatable bonds is 2. The molecule has 54 valence electrons. The molecule has 0 aliphatic carbocycles. The van der Waals surface area contributed by atoms with Crippen molar-refractivity contribution >= 4 is 11.8 Å². The number of hydrogen-bond acceptors (Lipinski definition) is 2. The smallest absolute Gasteiger partial charge is 0.0184 e. The van der Waals surface area contributed by atoms with E-state index in [2.05, 4.69) is 18.5 Å². The molecule has 1 rings (SSSR count). The molecule has 1 nitrogen and oxygen atoms in total. The van der Waals surface area contributed by atoms with Crippen molar-refractivity contribution in [1.82, 2.24) is 5.32 Å². The molecule has 1 fully saturated rings. The van der Waals surface area contributed by atoms with Crippen LogP contribution in [0.1, 0.15) is 13.3 Å². The Morgan fingerprint density at radius 3 is 2.89 bits per heavy atom. The minimum Gasteiger partial charge on any atom is -0.313 e. The topological polar surface area (TPSA) is 12.0 Å². The maximum Gasteiger partial charge on any atom is 0.0184 e. The predicted molar refractivity (Wildman–Crippen MR) is 44.0 cm³/mol. The third-order valence-electron chi connectivity index (χ3n) is 2.04. The van der Waals surface area contributed by atoms with Gasteiger partial charge in [0.25, 0.3) is 0 Å². The molecular weight excluding hydrogens is 130 g/mol. The van der Waals surface area contributed by atoms with E-state index in [-0.39, 0.29) is 0 Å². The molecule has 0 aromatic heterocycles. The summed E-state index contributed by atoms with van der Waals surface area (Å²) in [5.74, 6) is 2.18. The lowest BCUT2D eigenvalue weighted by Crippen LogP contribution is -2.27. The first kappa shape index (κ1) is 7.42. The molecule has 1 saturated heterocycles. The summed E-state index contributed by atoms with van der Waals surface area (Å²) >= 11 is 1.94. The van der Waals surface area contributed by atoms with Crippen molar-refractivity contribution in [1.29, 1.82) is 0 Å². The van der Waals surface area contributed by atoms with E-state index in [0.29, 0.717) is 0 Å². The first-order chi connectivity index (χ1) is 4.34. The van der Waals surface area contributed by atoms with E-state index in [1.807, 2.05) is 11.8 Å². The SMILES string of the molecule is CSC[C@@H]1NCC[C@@H]1C. The number of thioether (sulfide) groups is 1. The lowest BCUT2D eigenvalue weighted by molar-refractivity contribution is 0.526. The summed E-state index contributed by atoms with van der Waals surface area (Å²) < 4.78 is 0. The second-order valence-electron chi connectivity index (χ2n) is 2.78. The first-order valence-electron chi connectivity index (χ1n) is 3.57. The number of nitrogens with one attached hydrogen (secondary N) is 1. The lowest BCUT2D eigenvalue weighted by Gasteiger charge is -2.12. The molecule has 1 aliphatic heterocycles. The fraction of sp³-hybridized carbons (Fsp3) is 1.00. The van der Waals surface area contributed by atoms with Gasteiger partial charge in [-0.05, 0) is 25.1 Å². The second-order valence-corrected chi connectivity index (χ2v) is 3.69. The number of hydrogen-bond donors (Lipinski definition) is 1. The summed E-state index contributed by atoms with van der Waals surface area (Å²) in [5, 5.41) is 3.49. The third kappa shape index (κ3) is 1.87. The summed E-state index contributed by atoms with van der Waals surface area (Å²) in [7, 11) is 0. The first-order valence-corrected chi connectivity index (χ1v) is 4.96. The van der Waals surface area contributed by atoms with Crippen molar-refractivity contribution in [2.75, 3.05) is 18.6 Å². The van der Waals surface area contributed by atoms with Gasteiger partial charge >= 0.3 is 0 Å². The van der Waals surface area contributed by atoms with Gasteiger partial charge in [0.1, 0.15) is 0 Å². The van der Waals surface area contributed by atoms with E-state index in [1.165, 1.54) is 18.7 Å². The Kier molecular flexibility index (Phi) is 2.86. The maximum absolute atomic E-state index is 3.49. The van der Waals surface area contributed by atoms with Crippen molar-refractivity contribution < 1.29 is 0 Å². The van der Waals surface area contributed by atoms with Crippen LogP contribution in [-0.4, -0.2) is 24.6 Å². The molecule has 2 heteroatoms. The van der Waals surface area contributed by atoms with E-state index in [1.54, 1.807) is 0 Å². The van der Waals surface area contributed by atoms with Crippen molar-refractivity contribution in [3.63, 3.8) is 0 Å². The van der Waals surface area contributed by atoms with Crippen LogP contribution in [0.15, 0.2) is 0 Å². The standard InChI is InChI=1S/C7H15NS/c1-6-3-4-8-7(6)5-9-2/h6-8H,3-5H2,1-2H3/t6-,7-/m0/s1. The third-order valence-corrected chi connectivity index (χ3v) is 2.73. The summed E-state index contributed by atoms with van der Waals surface area (Å²) in [5.41, 5.74) is 0. The van der Waals surface area contributed by atoms with Crippen LogP contribution in [0.3, 0.4) is 0 Å². The van der Waals surface area contributed by atoms with Gasteiger partial charge in [-0.3, -0.25) is 0 Å². The molecular formula is C7H15NS. The van der Waals surface area contributed by atoms with Crippen LogP contribution in [-0.2, 0) is 0 Å². The molecule has 1 aliphatic rings. The van der Waals surface area contributed by atoms with Crippen molar-refractivity contribution in [2.45, 2.75) is 19.4 Å². The van der Waals surface area contributed by atoms with Gasteiger partial charge in [-0.25, -0.2) is 0 Å². The van der Waals surface area contributed by atoms with Crippen LogP contribution in [0.25, 0.3) is 0 Å². The molecule has 0 aromatic carbocycles. The van der Waals surface area contributed by atoms with Crippen molar-refractivity contribution in [3.8, 4) is 0 Å². The monoisotopic (exact) mass is 145 g/mol. The Morgan fingerprint density at radius 1 is 1.67 bits per heavy atom. The van der Waals surface area contributed by atoms with Crippen LogP contribution in [0.4, 0.5) is 0 Å². The van der Waals surface area contributed by atoms with E-state index in [0.717, 1.165) is 12.0 Å². The fourth-order valence-corrected chi connectivity index (χ4v) is 2.11. The van der Waals surface area contributed by atoms with Crippen molar-refractivity contribution in [3.05, 3.63) is 0 Å². The molecule has 0 aromatic rings. The van der Waals surface area contributed by atoms with E-state index in [4.69, 9.17) is 0 Å². The summed E-state index contributed by atoms with van der Waals surface area (Å²) in [6, 6.07) is 0.792. The van der Waals surface area contributed by atoms with Gasteiger partial charge in [0.05, 0.1) is 0 Å². The molecule has 2 atom stereocenters. The summed E-state index contributed by atoms with van der Waals surface area (Å²) in [6.07, 6.45) is 3.54. The van der Waals surface area contributed by atoms with Crippen LogP contribution in [0.2, 0.25) is 0 Å². The second kappa shape index (κ2) is 3.47. The Morgan fingerprint density at radius 2 is 2.44 bits per heavy atom. The van der Waals surface area contributed by atoms with Gasteiger partial charge in [-0.2, -0.15) is 11.8 Å². The lowest BCUT2D eigenvalue weighted by atomic mass is 10.1. The zero-order chi connectivity index (χ0) is 6.69. The molecule has 0 bridgehead atoms. The Bertz CT molecular complexity index is 85.0. The van der Waals surface area contributed by atoms with E-state index >= 15 is 0 Å². The van der Waals surface area contributed by atoms with E-state index < -0.39 is 0 Å². The normalized spacial score (nSPS) is 35.3. The van der Waals surface area contributed by atoms with Gasteiger partial charge in [-0.1, -0.05) is 6.92 Å². The maximum atomic E-state index is 3.49. The van der Waals surface area contributed by atoms with Gasteiger partial charge in [0, 0.05) is 11.8 Å². The zero-order valence-electron chi connectivity index (χ0n) is 6.18. The molecule has 0 unspecified atom stereocenters. The van der Waals surface area contributed by atoms with Crippen LogP contribution in [0, 0.1) is 5.92 Å². The summed E-state index contributed by atoms with van der Waals surface area (Å²) in [4.78, 5) is 0. The zero-order valence-corrected chi connectivity index (χ0v) is 7.00. The van der Waals surface area contributed by atoms with Gasteiger partial charge < -0.3 is 5.32 Å². The minimum absolute atomic E-state index is 0.792. The van der Waals surface area contributed by atoms with Crippen LogP contribution in [0.5, 0.6) is 0 Å². The molecule has 0 saturated carbocycles. The molecule has 1 heterocycles. The Hall–Kier alpha value is 0.310. The molecule has 0 spiro atoms. The molecule has 9 heavy (non-hydrogen) atoms. The summed E-state index contributed by atoms with van der Waals surface area (Å²) in [6.45, 7) is 3.56. The van der Waals surface area contributed by atoms with Crippen molar-refractivity contribution in [2.24, 2.45) is 5.92 Å². The Labute approximate surface area is 61.6 Å². The highest BCUT2D eigenvalue weighted by Gasteiger charge is 2.21. The van der Waals surface area contributed by atoms with E-state index in [9.17, 15) is 0 Å². The predicted octanol–water partition coefficient (Wildman–Crippen LogP) is 1.35. The highest BCUT2D eigenvalue weighted by Crippen LogP contribution is 2.16.